The van der Waals surface area contributed by atoms with E-state index in [1.54, 1.807) is 0 Å². The first-order valence-electron chi connectivity index (χ1n) is 3.53. The molecule has 7 nitrogen and oxygen atoms in total. The Morgan fingerprint density at radius 2 is 1.38 bits per heavy atom. The average Bonchev–Trinajstić information content (AvgIpc) is 2.12. The molecule has 0 saturated heterocycles. The van der Waals surface area contributed by atoms with Crippen molar-refractivity contribution in [3.63, 3.8) is 0 Å². The summed E-state index contributed by atoms with van der Waals surface area (Å²) in [4.78, 5) is 9.95. The predicted octanol–water partition coefficient (Wildman–Crippen LogP) is -4.09. The molecule has 0 aliphatic heterocycles. The van der Waals surface area contributed by atoms with Crippen LogP contribution in [0.2, 0.25) is 0 Å². The Hall–Kier alpha value is -0.570. The second-order valence-corrected chi connectivity index (χ2v) is 2.59. The van der Waals surface area contributed by atoms with Crippen LogP contribution >= 0.6 is 0 Å². The number of aldehydes is 1. The third-order valence-electron chi connectivity index (χ3n) is 1.54. The van der Waals surface area contributed by atoms with Gasteiger partial charge >= 0.3 is 0 Å². The molecule has 0 aromatic carbocycles. The van der Waals surface area contributed by atoms with Gasteiger partial charge in [0.05, 0.1) is 0 Å². The van der Waals surface area contributed by atoms with Crippen LogP contribution in [0, 0.1) is 0 Å². The molecule has 5 atom stereocenters. The molecule has 0 aromatic rings. The van der Waals surface area contributed by atoms with Crippen LogP contribution < -0.4 is 5.73 Å². The van der Waals surface area contributed by atoms with Crippen LogP contribution in [0.15, 0.2) is 0 Å². The predicted molar refractivity (Wildman–Crippen MR) is 40.3 cm³/mol. The molecular formula is C6H13NO6. The summed E-state index contributed by atoms with van der Waals surface area (Å²) < 4.78 is 0. The fraction of sp³-hybridized carbons (Fsp3) is 0.833. The molecule has 7 N–H and O–H groups in total. The summed E-state index contributed by atoms with van der Waals surface area (Å²) in [6, 6.07) is 0. The number of aliphatic hydroxyl groups excluding tert-OH is 5. The molecule has 0 amide bonds. The zero-order chi connectivity index (χ0) is 10.6. The van der Waals surface area contributed by atoms with Gasteiger partial charge in [-0.15, -0.1) is 0 Å². The first kappa shape index (κ1) is 12.4. The van der Waals surface area contributed by atoms with Crippen molar-refractivity contribution >= 4 is 6.29 Å². The van der Waals surface area contributed by atoms with Crippen LogP contribution in [0.3, 0.4) is 0 Å². The first-order valence-corrected chi connectivity index (χ1v) is 3.53. The fourth-order valence-electron chi connectivity index (χ4n) is 0.687. The fourth-order valence-corrected chi connectivity index (χ4v) is 0.687. The molecule has 7 heteroatoms. The lowest BCUT2D eigenvalue weighted by Crippen LogP contribution is -2.51. The van der Waals surface area contributed by atoms with E-state index in [0.717, 1.165) is 0 Å². The Bertz CT molecular complexity index is 163. The highest BCUT2D eigenvalue weighted by molar-refractivity contribution is 5.56. The molecule has 0 saturated carbocycles. The molecule has 0 fully saturated rings. The van der Waals surface area contributed by atoms with Gasteiger partial charge in [0.1, 0.15) is 30.6 Å². The van der Waals surface area contributed by atoms with Gasteiger partial charge < -0.3 is 36.1 Å². The van der Waals surface area contributed by atoms with Crippen molar-refractivity contribution in [3.05, 3.63) is 0 Å². The molecule has 0 bridgehead atoms. The minimum atomic E-state index is -1.89. The van der Waals surface area contributed by atoms with Crippen LogP contribution in [0.4, 0.5) is 0 Å². The Morgan fingerprint density at radius 3 is 1.69 bits per heavy atom. The van der Waals surface area contributed by atoms with Gasteiger partial charge in [-0.3, -0.25) is 0 Å². The molecule has 0 aromatic heterocycles. The maximum atomic E-state index is 9.95. The molecule has 78 valence electrons. The molecule has 0 aliphatic carbocycles. The molecule has 13 heavy (non-hydrogen) atoms. The highest BCUT2D eigenvalue weighted by Crippen LogP contribution is 2.05. The third kappa shape index (κ3) is 3.35. The van der Waals surface area contributed by atoms with Crippen molar-refractivity contribution < 1.29 is 30.3 Å². The van der Waals surface area contributed by atoms with Crippen molar-refractivity contribution in [2.24, 2.45) is 5.73 Å². The number of hydrogen-bond acceptors (Lipinski definition) is 7. The van der Waals surface area contributed by atoms with Crippen LogP contribution in [-0.4, -0.2) is 62.5 Å². The van der Waals surface area contributed by atoms with E-state index < -0.39 is 30.6 Å². The second kappa shape index (κ2) is 5.22. The summed E-state index contributed by atoms with van der Waals surface area (Å²) in [5.74, 6) is 0. The maximum absolute atomic E-state index is 9.95. The van der Waals surface area contributed by atoms with Crippen LogP contribution in [-0.2, 0) is 4.79 Å². The summed E-state index contributed by atoms with van der Waals surface area (Å²) in [5, 5.41) is 44.1. The monoisotopic (exact) mass is 195 g/mol. The topological polar surface area (TPSA) is 144 Å². The first-order chi connectivity index (χ1) is 5.91. The van der Waals surface area contributed by atoms with Gasteiger partial charge in [-0.05, 0) is 0 Å². The van der Waals surface area contributed by atoms with Gasteiger partial charge in [0.15, 0.2) is 6.29 Å². The smallest absolute Gasteiger partial charge is 0.151 e. The zero-order valence-corrected chi connectivity index (χ0v) is 6.69. The van der Waals surface area contributed by atoms with Crippen LogP contribution in [0.5, 0.6) is 0 Å². The van der Waals surface area contributed by atoms with E-state index in [0.29, 0.717) is 0 Å². The Balaban J connectivity index is 4.23. The van der Waals surface area contributed by atoms with Gasteiger partial charge in [0, 0.05) is 0 Å². The van der Waals surface area contributed by atoms with E-state index in [4.69, 9.17) is 31.3 Å². The summed E-state index contributed by atoms with van der Waals surface area (Å²) in [5.41, 5.74) is 4.78. The van der Waals surface area contributed by atoms with Crippen molar-refractivity contribution in [2.45, 2.75) is 30.6 Å². The number of hydrogen-bond donors (Lipinski definition) is 6. The highest BCUT2D eigenvalue weighted by atomic mass is 16.4. The third-order valence-corrected chi connectivity index (χ3v) is 1.54. The van der Waals surface area contributed by atoms with Gasteiger partial charge in [0.2, 0.25) is 0 Å². The molecule has 0 heterocycles. The molecule has 0 spiro atoms. The average molecular weight is 195 g/mol. The number of aliphatic hydroxyl groups is 5. The van der Waals surface area contributed by atoms with E-state index >= 15 is 0 Å². The minimum absolute atomic E-state index is 0.0104. The molecule has 1 unspecified atom stereocenters. The zero-order valence-electron chi connectivity index (χ0n) is 6.69. The highest BCUT2D eigenvalue weighted by Gasteiger charge is 2.32. The minimum Gasteiger partial charge on any atom is -0.387 e. The van der Waals surface area contributed by atoms with Gasteiger partial charge in [-0.2, -0.15) is 0 Å². The normalized spacial score (nSPS) is 22.9. The SMILES string of the molecule is NC(O)[C@H](O)[C@@H](O)[C@@H](O)[C@H](O)C=O. The molecule has 0 radical (unpaired) electrons. The van der Waals surface area contributed by atoms with Gasteiger partial charge in [-0.25, -0.2) is 0 Å². The quantitative estimate of drug-likeness (QED) is 0.193. The van der Waals surface area contributed by atoms with E-state index in [1.165, 1.54) is 0 Å². The molecular weight excluding hydrogens is 182 g/mol. The standard InChI is InChI=1S/C6H13NO6/c7-6(13)5(12)4(11)3(10)2(9)1-8/h1-6,9-13H,7H2/t2-,3+,4+,5-,6?/m1/s1. The lowest BCUT2D eigenvalue weighted by molar-refractivity contribution is -0.143. The summed E-state index contributed by atoms with van der Waals surface area (Å²) >= 11 is 0. The largest absolute Gasteiger partial charge is 0.387 e. The van der Waals surface area contributed by atoms with E-state index in [1.807, 2.05) is 0 Å². The lowest BCUT2D eigenvalue weighted by atomic mass is 10.0. The Kier molecular flexibility index (Phi) is 4.99. The molecule has 0 aliphatic rings. The van der Waals surface area contributed by atoms with Crippen molar-refractivity contribution in [1.82, 2.24) is 0 Å². The van der Waals surface area contributed by atoms with E-state index in [2.05, 4.69) is 0 Å². The number of rotatable bonds is 5. The van der Waals surface area contributed by atoms with Crippen molar-refractivity contribution in [1.29, 1.82) is 0 Å². The maximum Gasteiger partial charge on any atom is 0.151 e. The number of carbonyl (C=O) groups is 1. The van der Waals surface area contributed by atoms with E-state index in [-0.39, 0.29) is 6.29 Å². The molecule has 0 rings (SSSR count). The summed E-state index contributed by atoms with van der Waals surface area (Å²) in [6.07, 6.45) is -9.20. The van der Waals surface area contributed by atoms with Gasteiger partial charge in [-0.1, -0.05) is 0 Å². The lowest BCUT2D eigenvalue weighted by Gasteiger charge is -2.25. The Labute approximate surface area is 74.0 Å². The van der Waals surface area contributed by atoms with Crippen molar-refractivity contribution in [2.75, 3.05) is 0 Å². The Morgan fingerprint density at radius 1 is 0.923 bits per heavy atom. The van der Waals surface area contributed by atoms with E-state index in [9.17, 15) is 4.79 Å². The summed E-state index contributed by atoms with van der Waals surface area (Å²) in [7, 11) is 0. The number of nitrogens with two attached hydrogens (primary N) is 1. The van der Waals surface area contributed by atoms with Crippen LogP contribution in [0.25, 0.3) is 0 Å². The van der Waals surface area contributed by atoms with Gasteiger partial charge in [0.25, 0.3) is 0 Å². The summed E-state index contributed by atoms with van der Waals surface area (Å²) in [6.45, 7) is 0. The van der Waals surface area contributed by atoms with Crippen LogP contribution in [0.1, 0.15) is 0 Å². The number of carbonyl (C=O) groups excluding carboxylic acids is 1. The van der Waals surface area contributed by atoms with Crippen molar-refractivity contribution in [3.8, 4) is 0 Å². The second-order valence-electron chi connectivity index (χ2n) is 2.59.